The highest BCUT2D eigenvalue weighted by atomic mass is 19.4. The molecule has 2 aliphatic heterocycles. The highest BCUT2D eigenvalue weighted by Gasteiger charge is 2.44. The van der Waals surface area contributed by atoms with Gasteiger partial charge in [0.15, 0.2) is 23.2 Å². The number of ether oxygens (including phenoxy) is 1. The van der Waals surface area contributed by atoms with E-state index in [1.165, 1.54) is 23.3 Å². The number of aliphatic hydroxyl groups excluding tert-OH is 3. The quantitative estimate of drug-likeness (QED) is 0.404. The summed E-state index contributed by atoms with van der Waals surface area (Å²) in [7, 11) is 0. The molecule has 2 saturated heterocycles. The third kappa shape index (κ3) is 4.49. The van der Waals surface area contributed by atoms with Gasteiger partial charge in [-0.3, -0.25) is 4.57 Å². The van der Waals surface area contributed by atoms with E-state index in [0.29, 0.717) is 35.9 Å². The first-order valence-corrected chi connectivity index (χ1v) is 11.1. The number of alkyl halides is 3. The van der Waals surface area contributed by atoms with Crippen LogP contribution in [0.4, 0.5) is 24.8 Å². The minimum absolute atomic E-state index is 0.0787. The van der Waals surface area contributed by atoms with Crippen molar-refractivity contribution in [1.29, 1.82) is 0 Å². The molecule has 0 aromatic carbocycles. The van der Waals surface area contributed by atoms with Gasteiger partial charge in [0, 0.05) is 25.3 Å². The Morgan fingerprint density at radius 1 is 1.11 bits per heavy atom. The van der Waals surface area contributed by atoms with Crippen LogP contribution in [0.15, 0.2) is 31.0 Å². The maximum atomic E-state index is 12.8. The van der Waals surface area contributed by atoms with E-state index in [-0.39, 0.29) is 6.04 Å². The molecule has 0 amide bonds. The maximum Gasteiger partial charge on any atom is 0.417 e. The standard InChI is InChI=1S/C21H24F3N7O4/c22-21(23,24)11-3-4-14(25-6-11)30-5-1-2-12(7-30)29-18-15-19(27-9-26-18)31(10-28-15)20-17(34)16(33)13(8-32)35-20/h3-4,6,9-10,12-13,16-17,20,32-34H,1-2,5,7-8H2,(H,26,27,29)/t12?,13-,16-,17-,20-/m1/s1. The molecule has 2 fully saturated rings. The molecule has 0 bridgehead atoms. The topological polar surface area (TPSA) is 142 Å². The molecule has 2 aliphatic rings. The van der Waals surface area contributed by atoms with E-state index in [2.05, 4.69) is 25.3 Å². The molecule has 35 heavy (non-hydrogen) atoms. The van der Waals surface area contributed by atoms with E-state index in [0.717, 1.165) is 25.1 Å². The predicted octanol–water partition coefficient (Wildman–Crippen LogP) is 0.932. The number of hydrogen-bond acceptors (Lipinski definition) is 10. The number of nitrogens with zero attached hydrogens (tertiary/aromatic N) is 6. The summed E-state index contributed by atoms with van der Waals surface area (Å²) in [5.41, 5.74) is 0.00511. The minimum atomic E-state index is -4.43. The second-order valence-corrected chi connectivity index (χ2v) is 8.61. The summed E-state index contributed by atoms with van der Waals surface area (Å²) in [6.07, 6.45) is -3.69. The highest BCUT2D eigenvalue weighted by Crippen LogP contribution is 2.33. The lowest BCUT2D eigenvalue weighted by atomic mass is 10.1. The molecule has 5 heterocycles. The second-order valence-electron chi connectivity index (χ2n) is 8.61. The first-order valence-electron chi connectivity index (χ1n) is 11.1. The number of pyridine rings is 1. The van der Waals surface area contributed by atoms with Crippen LogP contribution < -0.4 is 10.2 Å². The normalized spacial score (nSPS) is 27.5. The van der Waals surface area contributed by atoms with E-state index in [1.54, 1.807) is 0 Å². The van der Waals surface area contributed by atoms with Crippen LogP contribution in [0, 0.1) is 0 Å². The van der Waals surface area contributed by atoms with Gasteiger partial charge in [0.1, 0.15) is 30.5 Å². The molecule has 14 heteroatoms. The molecule has 5 atom stereocenters. The van der Waals surface area contributed by atoms with E-state index >= 15 is 0 Å². The predicted molar refractivity (Wildman–Crippen MR) is 116 cm³/mol. The zero-order valence-electron chi connectivity index (χ0n) is 18.4. The number of halogens is 3. The van der Waals surface area contributed by atoms with Gasteiger partial charge < -0.3 is 30.3 Å². The molecule has 1 unspecified atom stereocenters. The average molecular weight is 495 g/mol. The third-order valence-electron chi connectivity index (χ3n) is 6.31. The SMILES string of the molecule is OC[C@H]1O[C@@H](n2cnc3c(NC4CCCN(c5ccc(C(F)(F)F)cn5)C4)ncnc32)[C@H](O)[C@@H]1O. The lowest BCUT2D eigenvalue weighted by molar-refractivity contribution is -0.137. The number of piperidine rings is 1. The summed E-state index contributed by atoms with van der Waals surface area (Å²) in [6.45, 7) is 0.712. The molecular formula is C21H24F3N7O4. The van der Waals surface area contributed by atoms with Gasteiger partial charge in [0.05, 0.1) is 18.5 Å². The number of aliphatic hydroxyl groups is 3. The van der Waals surface area contributed by atoms with E-state index in [9.17, 15) is 28.5 Å². The Labute approximate surface area is 197 Å². The smallest absolute Gasteiger partial charge is 0.394 e. The third-order valence-corrected chi connectivity index (χ3v) is 6.31. The zero-order chi connectivity index (χ0) is 24.7. The molecule has 11 nitrogen and oxygen atoms in total. The van der Waals surface area contributed by atoms with Gasteiger partial charge in [-0.1, -0.05) is 0 Å². The number of nitrogens with one attached hydrogen (secondary N) is 1. The fraction of sp³-hybridized carbons (Fsp3) is 0.524. The Morgan fingerprint density at radius 2 is 1.94 bits per heavy atom. The number of anilines is 2. The summed E-state index contributed by atoms with van der Waals surface area (Å²) in [6, 6.07) is 2.32. The zero-order valence-corrected chi connectivity index (χ0v) is 18.4. The molecule has 3 aromatic rings. The Kier molecular flexibility index (Phi) is 6.21. The molecule has 188 valence electrons. The number of hydrogen-bond donors (Lipinski definition) is 4. The average Bonchev–Trinajstić information content (AvgIpc) is 3.40. The summed E-state index contributed by atoms with van der Waals surface area (Å²) in [4.78, 5) is 18.8. The summed E-state index contributed by atoms with van der Waals surface area (Å²) in [5, 5.41) is 33.1. The van der Waals surface area contributed by atoms with E-state index in [1.807, 2.05) is 4.90 Å². The molecule has 4 N–H and O–H groups in total. The molecule has 5 rings (SSSR count). The molecule has 0 saturated carbocycles. The highest BCUT2D eigenvalue weighted by molar-refractivity contribution is 5.82. The van der Waals surface area contributed by atoms with Crippen LogP contribution in [0.1, 0.15) is 24.6 Å². The summed E-state index contributed by atoms with van der Waals surface area (Å²) >= 11 is 0. The van der Waals surface area contributed by atoms with Crippen molar-refractivity contribution in [3.8, 4) is 0 Å². The largest absolute Gasteiger partial charge is 0.417 e. The Bertz CT molecular complexity index is 1180. The van der Waals surface area contributed by atoms with Gasteiger partial charge in [-0.25, -0.2) is 19.9 Å². The first kappa shape index (κ1) is 23.7. The maximum absolute atomic E-state index is 12.8. The van der Waals surface area contributed by atoms with Crippen molar-refractivity contribution >= 4 is 22.8 Å². The fourth-order valence-corrected chi connectivity index (χ4v) is 4.49. The van der Waals surface area contributed by atoms with E-state index in [4.69, 9.17) is 4.74 Å². The van der Waals surface area contributed by atoms with E-state index < -0.39 is 42.9 Å². The lowest BCUT2D eigenvalue weighted by Gasteiger charge is -2.34. The van der Waals surface area contributed by atoms with Gasteiger partial charge in [0.2, 0.25) is 0 Å². The van der Waals surface area contributed by atoms with Crippen LogP contribution in [0.3, 0.4) is 0 Å². The Hall–Kier alpha value is -3.07. The number of aromatic nitrogens is 5. The summed E-state index contributed by atoms with van der Waals surface area (Å²) < 4.78 is 45.6. The van der Waals surface area contributed by atoms with Crippen molar-refractivity contribution in [3.63, 3.8) is 0 Å². The van der Waals surface area contributed by atoms with Crippen LogP contribution in [0.25, 0.3) is 11.2 Å². The van der Waals surface area contributed by atoms with Crippen LogP contribution in [0.5, 0.6) is 0 Å². The van der Waals surface area contributed by atoms with Gasteiger partial charge in [-0.2, -0.15) is 13.2 Å². The first-order chi connectivity index (χ1) is 16.8. The van der Waals surface area contributed by atoms with Gasteiger partial charge in [-0.05, 0) is 25.0 Å². The number of imidazole rings is 1. The molecule has 0 radical (unpaired) electrons. The van der Waals surface area contributed by atoms with Crippen LogP contribution in [0.2, 0.25) is 0 Å². The second kappa shape index (κ2) is 9.18. The van der Waals surface area contributed by atoms with Crippen LogP contribution >= 0.6 is 0 Å². The molecular weight excluding hydrogens is 471 g/mol. The Balaban J connectivity index is 1.33. The number of fused-ring (bicyclic) bond motifs is 1. The lowest BCUT2D eigenvalue weighted by Crippen LogP contribution is -2.42. The number of rotatable bonds is 5. The molecule has 0 spiro atoms. The van der Waals surface area contributed by atoms with Crippen molar-refractivity contribution in [2.75, 3.05) is 29.9 Å². The van der Waals surface area contributed by atoms with Crippen molar-refractivity contribution in [2.45, 2.75) is 49.6 Å². The monoisotopic (exact) mass is 495 g/mol. The van der Waals surface area contributed by atoms with Gasteiger partial charge in [-0.15, -0.1) is 0 Å². The van der Waals surface area contributed by atoms with Crippen LogP contribution in [-0.4, -0.2) is 83.9 Å². The Morgan fingerprint density at radius 3 is 2.63 bits per heavy atom. The van der Waals surface area contributed by atoms with Gasteiger partial charge >= 0.3 is 6.18 Å². The molecule has 0 aliphatic carbocycles. The van der Waals surface area contributed by atoms with Crippen molar-refractivity contribution < 1.29 is 33.2 Å². The van der Waals surface area contributed by atoms with Crippen molar-refractivity contribution in [3.05, 3.63) is 36.5 Å². The van der Waals surface area contributed by atoms with Crippen molar-refractivity contribution in [1.82, 2.24) is 24.5 Å². The van der Waals surface area contributed by atoms with Crippen LogP contribution in [-0.2, 0) is 10.9 Å². The molecule has 3 aromatic heterocycles. The van der Waals surface area contributed by atoms with Gasteiger partial charge in [0.25, 0.3) is 0 Å². The summed E-state index contributed by atoms with van der Waals surface area (Å²) in [5.74, 6) is 0.915. The minimum Gasteiger partial charge on any atom is -0.394 e. The fourth-order valence-electron chi connectivity index (χ4n) is 4.49. The van der Waals surface area contributed by atoms with Crippen molar-refractivity contribution in [2.24, 2.45) is 0 Å².